The quantitative estimate of drug-likeness (QED) is 0.550. The van der Waals surface area contributed by atoms with Crippen molar-refractivity contribution in [1.82, 2.24) is 20.0 Å². The number of rotatable bonds is 9. The maximum absolute atomic E-state index is 12.8. The monoisotopic (exact) mass is 494 g/mol. The minimum absolute atomic E-state index is 0.00503. The van der Waals surface area contributed by atoms with Gasteiger partial charge in [-0.05, 0) is 61.8 Å². The second-order valence-corrected chi connectivity index (χ2v) is 11.1. The Bertz CT molecular complexity index is 1110. The molecule has 1 aromatic heterocycles. The molecule has 1 saturated carbocycles. The number of para-hydroxylation sites is 1. The lowest BCUT2D eigenvalue weighted by Gasteiger charge is -2.50. The number of fused-ring (bicyclic) bond motifs is 3. The lowest BCUT2D eigenvalue weighted by molar-refractivity contribution is -0.140. The summed E-state index contributed by atoms with van der Waals surface area (Å²) in [7, 11) is 3.72. The number of ether oxygens (including phenoxy) is 1. The Morgan fingerprint density at radius 1 is 1.22 bits per heavy atom. The number of amides is 1. The number of carbonyl (C=O) groups is 2. The van der Waals surface area contributed by atoms with Gasteiger partial charge in [0.15, 0.2) is 0 Å². The lowest BCUT2D eigenvalue weighted by Crippen LogP contribution is -2.56. The van der Waals surface area contributed by atoms with Gasteiger partial charge in [0.05, 0.1) is 19.2 Å². The van der Waals surface area contributed by atoms with Gasteiger partial charge in [0.25, 0.3) is 0 Å². The van der Waals surface area contributed by atoms with Gasteiger partial charge in [0, 0.05) is 49.8 Å². The molecule has 2 N–H and O–H groups in total. The number of hydrogen-bond donors (Lipinski definition) is 2. The normalized spacial score (nSPS) is 26.6. The SMILES string of the molecule is COc1ccccc1-c1cc(C2CN3CCC2CC3CNC(=O)CC2(CC(=O)O)CCCC2)n(C)n1. The van der Waals surface area contributed by atoms with Crippen molar-refractivity contribution in [2.75, 3.05) is 26.7 Å². The van der Waals surface area contributed by atoms with E-state index >= 15 is 0 Å². The highest BCUT2D eigenvalue weighted by atomic mass is 16.5. The van der Waals surface area contributed by atoms with Crippen LogP contribution in [0.3, 0.4) is 0 Å². The molecular weight excluding hydrogens is 456 g/mol. The first-order chi connectivity index (χ1) is 17.4. The Labute approximate surface area is 213 Å². The molecular formula is C28H38N4O4. The highest BCUT2D eigenvalue weighted by Crippen LogP contribution is 2.45. The van der Waals surface area contributed by atoms with Crippen LogP contribution in [0.2, 0.25) is 0 Å². The van der Waals surface area contributed by atoms with Gasteiger partial charge in [0.1, 0.15) is 5.75 Å². The third-order valence-electron chi connectivity index (χ3n) is 8.82. The number of aliphatic carboxylic acids is 1. The average Bonchev–Trinajstić information content (AvgIpc) is 3.48. The maximum atomic E-state index is 12.8. The van der Waals surface area contributed by atoms with Crippen LogP contribution in [-0.4, -0.2) is 64.4 Å². The number of piperidine rings is 3. The number of nitrogens with zero attached hydrogens (tertiary/aromatic N) is 3. The van der Waals surface area contributed by atoms with Crippen LogP contribution in [0.25, 0.3) is 11.3 Å². The molecule has 194 valence electrons. The standard InChI is InChI=1S/C28H38N4O4/c1-31-24(14-23(30-31)21-7-3-4-8-25(21)36-2)22-18-32-12-9-19(22)13-20(32)17-29-26(33)15-28(16-27(34)35)10-5-6-11-28/h3-4,7-8,14,19-20,22H,5-6,9-13,15-18H2,1-2H3,(H,29,33)(H,34,35). The summed E-state index contributed by atoms with van der Waals surface area (Å²) in [5.74, 6) is 1.02. The third kappa shape index (κ3) is 5.01. The number of methoxy groups -OCH3 is 1. The summed E-state index contributed by atoms with van der Waals surface area (Å²) >= 11 is 0. The first-order valence-corrected chi connectivity index (χ1v) is 13.3. The number of carboxylic acids is 1. The highest BCUT2D eigenvalue weighted by Gasteiger charge is 2.42. The zero-order valence-electron chi connectivity index (χ0n) is 21.4. The van der Waals surface area contributed by atoms with Crippen molar-refractivity contribution < 1.29 is 19.4 Å². The number of benzene rings is 1. The first kappa shape index (κ1) is 24.8. The number of aryl methyl sites for hydroxylation is 1. The number of nitrogens with one attached hydrogen (secondary N) is 1. The van der Waals surface area contributed by atoms with Gasteiger partial charge in [-0.2, -0.15) is 5.10 Å². The number of aromatic nitrogens is 2. The summed E-state index contributed by atoms with van der Waals surface area (Å²) in [5.41, 5.74) is 2.84. The molecule has 0 spiro atoms. The van der Waals surface area contributed by atoms with Crippen molar-refractivity contribution >= 4 is 11.9 Å². The van der Waals surface area contributed by atoms with E-state index in [1.165, 1.54) is 5.69 Å². The highest BCUT2D eigenvalue weighted by molar-refractivity contribution is 5.78. The first-order valence-electron chi connectivity index (χ1n) is 13.3. The van der Waals surface area contributed by atoms with Gasteiger partial charge < -0.3 is 15.2 Å². The van der Waals surface area contributed by atoms with Gasteiger partial charge in [-0.3, -0.25) is 19.2 Å². The summed E-state index contributed by atoms with van der Waals surface area (Å²) in [6, 6.07) is 10.5. The molecule has 1 amide bonds. The molecule has 3 aliphatic heterocycles. The Balaban J connectivity index is 1.21. The fourth-order valence-corrected chi connectivity index (χ4v) is 7.00. The summed E-state index contributed by atoms with van der Waals surface area (Å²) < 4.78 is 7.57. The van der Waals surface area contributed by atoms with Crippen molar-refractivity contribution in [3.05, 3.63) is 36.0 Å². The smallest absolute Gasteiger partial charge is 0.303 e. The molecule has 0 radical (unpaired) electrons. The van der Waals surface area contributed by atoms with Crippen LogP contribution in [0.15, 0.2) is 30.3 Å². The Kier molecular flexibility index (Phi) is 7.06. The van der Waals surface area contributed by atoms with E-state index in [4.69, 9.17) is 9.84 Å². The second-order valence-electron chi connectivity index (χ2n) is 11.1. The number of carbonyl (C=O) groups excluding carboxylic acids is 1. The predicted octanol–water partition coefficient (Wildman–Crippen LogP) is 3.81. The van der Waals surface area contributed by atoms with Gasteiger partial charge in [-0.25, -0.2) is 0 Å². The van der Waals surface area contributed by atoms with E-state index in [-0.39, 0.29) is 17.7 Å². The molecule has 6 rings (SSSR count). The van der Waals surface area contributed by atoms with Crippen LogP contribution in [-0.2, 0) is 16.6 Å². The molecule has 1 aromatic carbocycles. The van der Waals surface area contributed by atoms with Gasteiger partial charge in [-0.1, -0.05) is 25.0 Å². The van der Waals surface area contributed by atoms with E-state index in [0.717, 1.165) is 68.6 Å². The van der Waals surface area contributed by atoms with Gasteiger partial charge >= 0.3 is 5.97 Å². The molecule has 2 aromatic rings. The average molecular weight is 495 g/mol. The van der Waals surface area contributed by atoms with Crippen molar-refractivity contribution in [2.24, 2.45) is 18.4 Å². The van der Waals surface area contributed by atoms with Crippen molar-refractivity contribution in [1.29, 1.82) is 0 Å². The fraction of sp³-hybridized carbons (Fsp3) is 0.607. The molecule has 8 nitrogen and oxygen atoms in total. The molecule has 4 fully saturated rings. The Hall–Kier alpha value is -2.87. The van der Waals surface area contributed by atoms with E-state index in [1.807, 2.05) is 36.0 Å². The molecule has 4 aliphatic rings. The molecule has 8 heteroatoms. The van der Waals surface area contributed by atoms with Gasteiger partial charge in [0.2, 0.25) is 5.91 Å². The molecule has 36 heavy (non-hydrogen) atoms. The van der Waals surface area contributed by atoms with E-state index in [2.05, 4.69) is 16.3 Å². The zero-order valence-corrected chi connectivity index (χ0v) is 21.4. The summed E-state index contributed by atoms with van der Waals surface area (Å²) in [4.78, 5) is 26.7. The van der Waals surface area contributed by atoms with E-state index in [9.17, 15) is 14.7 Å². The van der Waals surface area contributed by atoms with Crippen LogP contribution in [0.4, 0.5) is 0 Å². The lowest BCUT2D eigenvalue weighted by atomic mass is 9.74. The Morgan fingerprint density at radius 2 is 2.00 bits per heavy atom. The van der Waals surface area contributed by atoms with E-state index < -0.39 is 5.97 Å². The van der Waals surface area contributed by atoms with Crippen LogP contribution >= 0.6 is 0 Å². The van der Waals surface area contributed by atoms with Crippen molar-refractivity contribution in [3.63, 3.8) is 0 Å². The number of hydrogen-bond acceptors (Lipinski definition) is 5. The molecule has 1 aliphatic carbocycles. The molecule has 3 saturated heterocycles. The van der Waals surface area contributed by atoms with Crippen LogP contribution in [0.1, 0.15) is 63.0 Å². The Morgan fingerprint density at radius 3 is 2.69 bits per heavy atom. The van der Waals surface area contributed by atoms with Crippen LogP contribution in [0, 0.1) is 11.3 Å². The second kappa shape index (κ2) is 10.2. The minimum Gasteiger partial charge on any atom is -0.496 e. The fourth-order valence-electron chi connectivity index (χ4n) is 7.00. The summed E-state index contributed by atoms with van der Waals surface area (Å²) in [5, 5.41) is 17.3. The topological polar surface area (TPSA) is 96.7 Å². The molecule has 4 heterocycles. The maximum Gasteiger partial charge on any atom is 0.303 e. The zero-order chi connectivity index (χ0) is 25.3. The summed E-state index contributed by atoms with van der Waals surface area (Å²) in [6.45, 7) is 2.67. The van der Waals surface area contributed by atoms with Crippen molar-refractivity contribution in [2.45, 2.75) is 63.3 Å². The van der Waals surface area contributed by atoms with Crippen LogP contribution < -0.4 is 10.1 Å². The molecule has 2 bridgehead atoms. The largest absolute Gasteiger partial charge is 0.496 e. The van der Waals surface area contributed by atoms with E-state index in [0.29, 0.717) is 30.8 Å². The number of carboxylic acid groups (broad SMARTS) is 1. The molecule has 4 atom stereocenters. The van der Waals surface area contributed by atoms with Gasteiger partial charge in [-0.15, -0.1) is 0 Å². The third-order valence-corrected chi connectivity index (χ3v) is 8.82. The minimum atomic E-state index is -0.796. The predicted molar refractivity (Wildman–Crippen MR) is 137 cm³/mol. The van der Waals surface area contributed by atoms with Crippen LogP contribution in [0.5, 0.6) is 5.75 Å². The van der Waals surface area contributed by atoms with Crippen molar-refractivity contribution in [3.8, 4) is 17.0 Å². The molecule has 4 unspecified atom stereocenters. The summed E-state index contributed by atoms with van der Waals surface area (Å²) in [6.07, 6.45) is 6.37. The van der Waals surface area contributed by atoms with E-state index in [1.54, 1.807) is 7.11 Å².